The van der Waals surface area contributed by atoms with E-state index in [2.05, 4.69) is 4.98 Å². The molecule has 1 atom stereocenters. The fourth-order valence-electron chi connectivity index (χ4n) is 3.01. The molecule has 0 spiro atoms. The van der Waals surface area contributed by atoms with Crippen LogP contribution in [0, 0.1) is 13.8 Å². The van der Waals surface area contributed by atoms with Crippen molar-refractivity contribution < 1.29 is 23.9 Å². The molecule has 0 aliphatic carbocycles. The van der Waals surface area contributed by atoms with Gasteiger partial charge in [-0.25, -0.2) is 4.79 Å². The highest BCUT2D eigenvalue weighted by Gasteiger charge is 2.26. The first-order valence-electron chi connectivity index (χ1n) is 8.95. The third-order valence-electron chi connectivity index (χ3n) is 4.34. The van der Waals surface area contributed by atoms with E-state index in [4.69, 9.17) is 9.47 Å². The van der Waals surface area contributed by atoms with Crippen molar-refractivity contribution in [3.63, 3.8) is 0 Å². The number of rotatable bonds is 8. The van der Waals surface area contributed by atoms with Crippen molar-refractivity contribution in [2.24, 2.45) is 0 Å². The smallest absolute Gasteiger partial charge is 0.340 e. The molecule has 1 aromatic heterocycles. The maximum Gasteiger partial charge on any atom is 0.340 e. The fraction of sp³-hybridized carbons (Fsp3) is 0.381. The number of aryl methyl sites for hydroxylation is 2. The van der Waals surface area contributed by atoms with E-state index < -0.39 is 24.3 Å². The second kappa shape index (κ2) is 9.16. The average Bonchev–Trinajstić information content (AvgIpc) is 2.94. The van der Waals surface area contributed by atoms with Crippen LogP contribution < -0.4 is 0 Å². The minimum atomic E-state index is -0.563. The number of aromatic nitrogens is 1. The lowest BCUT2D eigenvalue weighted by Gasteiger charge is -2.11. The minimum Gasteiger partial charge on any atom is -0.462 e. The second-order valence-corrected chi connectivity index (χ2v) is 6.45. The zero-order chi connectivity index (χ0) is 20.0. The normalized spacial score (nSPS) is 11.7. The summed E-state index contributed by atoms with van der Waals surface area (Å²) in [6.07, 6.45) is 0.174. The van der Waals surface area contributed by atoms with E-state index in [1.54, 1.807) is 20.8 Å². The summed E-state index contributed by atoms with van der Waals surface area (Å²) < 4.78 is 10.2. The number of ether oxygens (including phenoxy) is 2. The molecule has 0 unspecified atom stereocenters. The van der Waals surface area contributed by atoms with Gasteiger partial charge < -0.3 is 14.5 Å². The molecule has 0 aliphatic rings. The molecule has 2 aromatic rings. The Balaban J connectivity index is 2.01. The van der Waals surface area contributed by atoms with Gasteiger partial charge in [0.05, 0.1) is 24.2 Å². The van der Waals surface area contributed by atoms with Gasteiger partial charge in [-0.1, -0.05) is 37.3 Å². The lowest BCUT2D eigenvalue weighted by atomic mass is 9.98. The molecule has 1 N–H and O–H groups in total. The number of nitrogens with one attached hydrogen (secondary N) is 1. The molecule has 6 heteroatoms. The Morgan fingerprint density at radius 3 is 2.26 bits per heavy atom. The highest BCUT2D eigenvalue weighted by atomic mass is 16.5. The predicted molar refractivity (Wildman–Crippen MR) is 101 cm³/mol. The molecule has 144 valence electrons. The van der Waals surface area contributed by atoms with Crippen LogP contribution in [0.2, 0.25) is 0 Å². The fourth-order valence-corrected chi connectivity index (χ4v) is 3.01. The summed E-state index contributed by atoms with van der Waals surface area (Å²) in [7, 11) is 0. The molecule has 0 saturated carbocycles. The van der Waals surface area contributed by atoms with Crippen molar-refractivity contribution in [3.8, 4) is 0 Å². The minimum absolute atomic E-state index is 0.0138. The van der Waals surface area contributed by atoms with Crippen LogP contribution in [0.3, 0.4) is 0 Å². The largest absolute Gasteiger partial charge is 0.462 e. The van der Waals surface area contributed by atoms with Crippen molar-refractivity contribution in [2.45, 2.75) is 40.0 Å². The van der Waals surface area contributed by atoms with Crippen LogP contribution in [0.1, 0.15) is 63.9 Å². The molecule has 6 nitrogen and oxygen atoms in total. The van der Waals surface area contributed by atoms with Crippen LogP contribution in [-0.2, 0) is 14.3 Å². The number of Topliss-reactive ketones (excluding diaryl/α,β-unsaturated/α-hetero) is 1. The van der Waals surface area contributed by atoms with Crippen molar-refractivity contribution in [3.05, 3.63) is 58.4 Å². The van der Waals surface area contributed by atoms with Crippen LogP contribution in [0.25, 0.3) is 0 Å². The number of H-pyrrole nitrogens is 1. The highest BCUT2D eigenvalue weighted by Crippen LogP contribution is 2.21. The van der Waals surface area contributed by atoms with Gasteiger partial charge in [0.2, 0.25) is 5.78 Å². The Morgan fingerprint density at radius 2 is 1.63 bits per heavy atom. The van der Waals surface area contributed by atoms with Crippen molar-refractivity contribution in [1.29, 1.82) is 0 Å². The summed E-state index contributed by atoms with van der Waals surface area (Å²) in [5, 5.41) is 0. The summed E-state index contributed by atoms with van der Waals surface area (Å²) in [4.78, 5) is 39.8. The van der Waals surface area contributed by atoms with Gasteiger partial charge in [-0.2, -0.15) is 0 Å². The van der Waals surface area contributed by atoms with Crippen LogP contribution in [-0.4, -0.2) is 35.9 Å². The lowest BCUT2D eigenvalue weighted by Crippen LogP contribution is -2.18. The molecule has 0 radical (unpaired) electrons. The summed E-state index contributed by atoms with van der Waals surface area (Å²) in [5.41, 5.74) is 2.55. The van der Waals surface area contributed by atoms with Gasteiger partial charge in [-0.05, 0) is 32.3 Å². The molecule has 0 saturated heterocycles. The van der Waals surface area contributed by atoms with Gasteiger partial charge in [0.1, 0.15) is 0 Å². The molecule has 27 heavy (non-hydrogen) atoms. The third-order valence-corrected chi connectivity index (χ3v) is 4.34. The Kier molecular flexibility index (Phi) is 6.93. The number of carbonyl (C=O) groups is 3. The van der Waals surface area contributed by atoms with Crippen LogP contribution in [0.15, 0.2) is 30.3 Å². The number of ketones is 1. The first-order chi connectivity index (χ1) is 12.8. The van der Waals surface area contributed by atoms with Crippen molar-refractivity contribution in [2.75, 3.05) is 13.2 Å². The summed E-state index contributed by atoms with van der Waals surface area (Å²) in [6.45, 7) is 6.82. The van der Waals surface area contributed by atoms with Crippen molar-refractivity contribution >= 4 is 17.7 Å². The number of carbonyl (C=O) groups excluding carboxylic acids is 3. The Bertz CT molecular complexity index is 823. The molecule has 2 rings (SSSR count). The van der Waals surface area contributed by atoms with E-state index in [0.29, 0.717) is 11.4 Å². The quantitative estimate of drug-likeness (QED) is 0.564. The third kappa shape index (κ3) is 5.06. The van der Waals surface area contributed by atoms with Gasteiger partial charge in [0.15, 0.2) is 6.61 Å². The zero-order valence-corrected chi connectivity index (χ0v) is 16.1. The molecular weight excluding hydrogens is 346 g/mol. The van der Waals surface area contributed by atoms with E-state index in [0.717, 1.165) is 5.56 Å². The van der Waals surface area contributed by atoms with Gasteiger partial charge in [0.25, 0.3) is 0 Å². The van der Waals surface area contributed by atoms with Crippen LogP contribution in [0.4, 0.5) is 0 Å². The number of hydrogen-bond donors (Lipinski definition) is 1. The van der Waals surface area contributed by atoms with Crippen LogP contribution in [0.5, 0.6) is 0 Å². The standard InChI is InChI=1S/C21H25NO5/c1-5-26-21(25)20-15(4)22-14(3)19(20)17(23)12-27-18(24)11-13(2)16-9-7-6-8-10-16/h6-10,13,22H,5,11-12H2,1-4H3/t13-/m1/s1. The second-order valence-electron chi connectivity index (χ2n) is 6.45. The van der Waals surface area contributed by atoms with E-state index in [-0.39, 0.29) is 30.1 Å². The van der Waals surface area contributed by atoms with E-state index in [1.165, 1.54) is 0 Å². The van der Waals surface area contributed by atoms with Crippen LogP contribution >= 0.6 is 0 Å². The first-order valence-corrected chi connectivity index (χ1v) is 8.95. The number of benzene rings is 1. The maximum atomic E-state index is 12.6. The molecule has 1 aromatic carbocycles. The SMILES string of the molecule is CCOC(=O)c1c(C)[nH]c(C)c1C(=O)COC(=O)C[C@@H](C)c1ccccc1. The van der Waals surface area contributed by atoms with E-state index in [9.17, 15) is 14.4 Å². The topological polar surface area (TPSA) is 85.5 Å². The van der Waals surface area contributed by atoms with E-state index in [1.807, 2.05) is 37.3 Å². The summed E-state index contributed by atoms with van der Waals surface area (Å²) >= 11 is 0. The predicted octanol–water partition coefficient (Wildman–Crippen LogP) is 3.73. The molecule has 0 aliphatic heterocycles. The average molecular weight is 371 g/mol. The monoisotopic (exact) mass is 371 g/mol. The summed E-state index contributed by atoms with van der Waals surface area (Å²) in [6, 6.07) is 9.63. The molecule has 1 heterocycles. The number of aromatic amines is 1. The maximum absolute atomic E-state index is 12.6. The Hall–Kier alpha value is -2.89. The van der Waals surface area contributed by atoms with Gasteiger partial charge in [0, 0.05) is 11.4 Å². The zero-order valence-electron chi connectivity index (χ0n) is 16.1. The Labute approximate surface area is 158 Å². The van der Waals surface area contributed by atoms with Gasteiger partial charge in [-0.15, -0.1) is 0 Å². The first kappa shape index (κ1) is 20.4. The van der Waals surface area contributed by atoms with Gasteiger partial charge in [-0.3, -0.25) is 9.59 Å². The lowest BCUT2D eigenvalue weighted by molar-refractivity contribution is -0.142. The molecule has 0 amide bonds. The number of hydrogen-bond acceptors (Lipinski definition) is 5. The van der Waals surface area contributed by atoms with Gasteiger partial charge >= 0.3 is 11.9 Å². The molecule has 0 fully saturated rings. The molecular formula is C21H25NO5. The molecule has 0 bridgehead atoms. The van der Waals surface area contributed by atoms with Crippen molar-refractivity contribution in [1.82, 2.24) is 4.98 Å². The number of esters is 2. The highest BCUT2D eigenvalue weighted by molar-refractivity contribution is 6.09. The summed E-state index contributed by atoms with van der Waals surface area (Å²) in [5.74, 6) is -1.46. The van der Waals surface area contributed by atoms with E-state index >= 15 is 0 Å². The Morgan fingerprint density at radius 1 is 1.00 bits per heavy atom.